The van der Waals surface area contributed by atoms with Crippen molar-refractivity contribution in [2.45, 2.75) is 39.2 Å². The molecule has 1 aliphatic heterocycles. The molecule has 1 fully saturated rings. The van der Waals surface area contributed by atoms with Crippen molar-refractivity contribution >= 4 is 0 Å². The van der Waals surface area contributed by atoms with Crippen LogP contribution in [0.3, 0.4) is 0 Å². The van der Waals surface area contributed by atoms with Crippen molar-refractivity contribution in [1.29, 1.82) is 0 Å². The minimum absolute atomic E-state index is 0.738. The molecule has 94 valence electrons. The highest BCUT2D eigenvalue weighted by molar-refractivity contribution is 5.23. The molecule has 17 heavy (non-hydrogen) atoms. The monoisotopic (exact) mass is 235 g/mol. The fourth-order valence-corrected chi connectivity index (χ4v) is 2.38. The highest BCUT2D eigenvalue weighted by atomic mass is 16.3. The number of rotatable bonds is 1. The molecule has 4 nitrogen and oxygen atoms in total. The van der Waals surface area contributed by atoms with Crippen LogP contribution in [-0.2, 0) is 5.60 Å². The van der Waals surface area contributed by atoms with Crippen LogP contribution in [0.4, 0.5) is 0 Å². The third-order valence-corrected chi connectivity index (χ3v) is 3.74. The molecular weight excluding hydrogens is 214 g/mol. The Labute approximate surface area is 103 Å². The summed E-state index contributed by atoms with van der Waals surface area (Å²) in [5, 5.41) is 10.7. The zero-order chi connectivity index (χ0) is 12.6. The van der Waals surface area contributed by atoms with E-state index in [-0.39, 0.29) is 0 Å². The van der Waals surface area contributed by atoms with Gasteiger partial charge in [-0.15, -0.1) is 0 Å². The zero-order valence-corrected chi connectivity index (χ0v) is 11.1. The summed E-state index contributed by atoms with van der Waals surface area (Å²) in [6.45, 7) is 7.65. The molecule has 1 aliphatic rings. The van der Waals surface area contributed by atoms with Crippen LogP contribution in [0.5, 0.6) is 0 Å². The van der Waals surface area contributed by atoms with E-state index in [0.29, 0.717) is 0 Å². The van der Waals surface area contributed by atoms with Gasteiger partial charge < -0.3 is 10.0 Å². The third-order valence-electron chi connectivity index (χ3n) is 3.74. The molecule has 1 N–H and O–H groups in total. The lowest BCUT2D eigenvalue weighted by Gasteiger charge is -2.36. The molecule has 0 aromatic carbocycles. The summed E-state index contributed by atoms with van der Waals surface area (Å²) in [4.78, 5) is 11.3. The fraction of sp³-hybridized carbons (Fsp3) is 0.692. The van der Waals surface area contributed by atoms with Gasteiger partial charge in [-0.25, -0.2) is 0 Å². The van der Waals surface area contributed by atoms with Crippen molar-refractivity contribution < 1.29 is 5.11 Å². The van der Waals surface area contributed by atoms with Crippen LogP contribution >= 0.6 is 0 Å². The fourth-order valence-electron chi connectivity index (χ4n) is 2.38. The minimum Gasteiger partial charge on any atom is -0.383 e. The van der Waals surface area contributed by atoms with Crippen molar-refractivity contribution in [3.8, 4) is 0 Å². The molecule has 0 saturated carbocycles. The molecule has 0 bridgehead atoms. The van der Waals surface area contributed by atoms with Crippen LogP contribution in [-0.4, -0.2) is 40.1 Å². The predicted molar refractivity (Wildman–Crippen MR) is 66.9 cm³/mol. The highest BCUT2D eigenvalue weighted by Gasteiger charge is 2.36. The van der Waals surface area contributed by atoms with Gasteiger partial charge in [-0.3, -0.25) is 9.97 Å². The molecule has 1 aromatic heterocycles. The first-order valence-corrected chi connectivity index (χ1v) is 6.15. The number of hydrogen-bond donors (Lipinski definition) is 1. The number of likely N-dealkylation sites (tertiary alicyclic amines) is 1. The van der Waals surface area contributed by atoms with Crippen LogP contribution < -0.4 is 0 Å². The van der Waals surface area contributed by atoms with E-state index < -0.39 is 5.60 Å². The Morgan fingerprint density at radius 1 is 1.00 bits per heavy atom. The van der Waals surface area contributed by atoms with Gasteiger partial charge in [0.15, 0.2) is 0 Å². The second-order valence-electron chi connectivity index (χ2n) is 5.16. The van der Waals surface area contributed by atoms with Gasteiger partial charge in [0.25, 0.3) is 0 Å². The SMILES string of the molecule is Cc1nc(C)c(C2(O)CCN(C)CC2)nc1C. The summed E-state index contributed by atoms with van der Waals surface area (Å²) in [6.07, 6.45) is 1.48. The van der Waals surface area contributed by atoms with E-state index in [1.807, 2.05) is 20.8 Å². The summed E-state index contributed by atoms with van der Waals surface area (Å²) in [5.41, 5.74) is 2.71. The Kier molecular flexibility index (Phi) is 3.19. The average molecular weight is 235 g/mol. The Hall–Kier alpha value is -1.00. The molecule has 0 aliphatic carbocycles. The maximum atomic E-state index is 10.7. The number of piperidine rings is 1. The standard InChI is InChI=1S/C13H21N3O/c1-9-10(2)15-12(11(3)14-9)13(17)5-7-16(4)8-6-13/h17H,5-8H2,1-4H3. The van der Waals surface area contributed by atoms with Crippen molar-refractivity contribution in [2.75, 3.05) is 20.1 Å². The Balaban J connectivity index is 2.36. The van der Waals surface area contributed by atoms with Crippen molar-refractivity contribution in [2.24, 2.45) is 0 Å². The summed E-state index contributed by atoms with van der Waals surface area (Å²) in [6, 6.07) is 0. The maximum absolute atomic E-state index is 10.7. The van der Waals surface area contributed by atoms with E-state index in [9.17, 15) is 5.11 Å². The van der Waals surface area contributed by atoms with Gasteiger partial charge in [-0.1, -0.05) is 0 Å². The van der Waals surface area contributed by atoms with Gasteiger partial charge in [-0.2, -0.15) is 0 Å². The van der Waals surface area contributed by atoms with E-state index in [4.69, 9.17) is 0 Å². The predicted octanol–water partition coefficient (Wildman–Crippen LogP) is 1.32. The molecular formula is C13H21N3O. The van der Waals surface area contributed by atoms with Crippen molar-refractivity contribution in [3.63, 3.8) is 0 Å². The summed E-state index contributed by atoms with van der Waals surface area (Å²) in [7, 11) is 2.08. The summed E-state index contributed by atoms with van der Waals surface area (Å²) < 4.78 is 0. The smallest absolute Gasteiger partial charge is 0.111 e. The molecule has 0 radical (unpaired) electrons. The third kappa shape index (κ3) is 2.33. The number of aromatic nitrogens is 2. The Morgan fingerprint density at radius 2 is 1.53 bits per heavy atom. The van der Waals surface area contributed by atoms with Gasteiger partial charge in [0.2, 0.25) is 0 Å². The molecule has 2 heterocycles. The van der Waals surface area contributed by atoms with Crippen molar-refractivity contribution in [3.05, 3.63) is 22.8 Å². The van der Waals surface area contributed by atoms with E-state index in [1.54, 1.807) is 0 Å². The molecule has 4 heteroatoms. The number of aliphatic hydroxyl groups is 1. The number of aryl methyl sites for hydroxylation is 3. The van der Waals surface area contributed by atoms with E-state index >= 15 is 0 Å². The van der Waals surface area contributed by atoms with Crippen LogP contribution in [0.1, 0.15) is 35.6 Å². The average Bonchev–Trinajstić information content (AvgIpc) is 2.28. The quantitative estimate of drug-likeness (QED) is 0.797. The van der Waals surface area contributed by atoms with E-state index in [0.717, 1.165) is 48.7 Å². The molecule has 1 aromatic rings. The second-order valence-corrected chi connectivity index (χ2v) is 5.16. The molecule has 0 spiro atoms. The topological polar surface area (TPSA) is 49.3 Å². The molecule has 0 amide bonds. The number of nitrogens with zero attached hydrogens (tertiary/aromatic N) is 3. The first-order valence-electron chi connectivity index (χ1n) is 6.15. The summed E-state index contributed by atoms with van der Waals surface area (Å²) in [5.74, 6) is 0. The lowest BCUT2D eigenvalue weighted by molar-refractivity contribution is -0.0248. The molecule has 0 atom stereocenters. The van der Waals surface area contributed by atoms with Gasteiger partial charge >= 0.3 is 0 Å². The first-order chi connectivity index (χ1) is 7.92. The van der Waals surface area contributed by atoms with Crippen LogP contribution in [0, 0.1) is 20.8 Å². The lowest BCUT2D eigenvalue weighted by atomic mass is 9.87. The largest absolute Gasteiger partial charge is 0.383 e. The summed E-state index contributed by atoms with van der Waals surface area (Å²) >= 11 is 0. The normalized spacial score (nSPS) is 20.5. The van der Waals surface area contributed by atoms with Gasteiger partial charge in [0.1, 0.15) is 5.60 Å². The first kappa shape index (κ1) is 12.5. The maximum Gasteiger partial charge on any atom is 0.111 e. The molecule has 2 rings (SSSR count). The Morgan fingerprint density at radius 3 is 2.12 bits per heavy atom. The van der Waals surface area contributed by atoms with E-state index in [1.165, 1.54) is 0 Å². The second kappa shape index (κ2) is 4.35. The van der Waals surface area contributed by atoms with E-state index in [2.05, 4.69) is 21.9 Å². The van der Waals surface area contributed by atoms with Crippen molar-refractivity contribution in [1.82, 2.24) is 14.9 Å². The van der Waals surface area contributed by atoms with Crippen LogP contribution in [0.15, 0.2) is 0 Å². The lowest BCUT2D eigenvalue weighted by Crippen LogP contribution is -2.42. The zero-order valence-electron chi connectivity index (χ0n) is 11.1. The minimum atomic E-state index is -0.790. The molecule has 0 unspecified atom stereocenters. The highest BCUT2D eigenvalue weighted by Crippen LogP contribution is 2.32. The molecule has 1 saturated heterocycles. The van der Waals surface area contributed by atoms with Gasteiger partial charge in [0, 0.05) is 13.1 Å². The number of hydrogen-bond acceptors (Lipinski definition) is 4. The van der Waals surface area contributed by atoms with Gasteiger partial charge in [-0.05, 0) is 40.7 Å². The Bertz CT molecular complexity index is 423. The van der Waals surface area contributed by atoms with Gasteiger partial charge in [0.05, 0.1) is 22.8 Å². The van der Waals surface area contributed by atoms with Crippen LogP contribution in [0.25, 0.3) is 0 Å². The van der Waals surface area contributed by atoms with Crippen LogP contribution in [0.2, 0.25) is 0 Å².